The van der Waals surface area contributed by atoms with Crippen LogP contribution >= 0.6 is 0 Å². The van der Waals surface area contributed by atoms with Crippen molar-refractivity contribution in [2.24, 2.45) is 5.92 Å². The fourth-order valence-electron chi connectivity index (χ4n) is 2.87. The summed E-state index contributed by atoms with van der Waals surface area (Å²) < 4.78 is 0. The Morgan fingerprint density at radius 2 is 2.05 bits per heavy atom. The van der Waals surface area contributed by atoms with Gasteiger partial charge in [0.05, 0.1) is 5.52 Å². The molecule has 1 aromatic carbocycles. The van der Waals surface area contributed by atoms with Gasteiger partial charge in [0.15, 0.2) is 0 Å². The number of carbonyl (C=O) groups is 1. The zero-order valence-corrected chi connectivity index (χ0v) is 11.3. The lowest BCUT2D eigenvalue weighted by Crippen LogP contribution is -2.15. The number of nitrogens with zero attached hydrogens (tertiary/aromatic N) is 1. The zero-order valence-electron chi connectivity index (χ0n) is 11.3. The summed E-state index contributed by atoms with van der Waals surface area (Å²) in [6.07, 6.45) is 5.01. The minimum Gasteiger partial charge on any atom is -0.478 e. The third kappa shape index (κ3) is 2.59. The van der Waals surface area contributed by atoms with E-state index in [1.165, 1.54) is 25.7 Å². The van der Waals surface area contributed by atoms with Crippen LogP contribution in [0.1, 0.15) is 36.0 Å². The molecule has 2 N–H and O–H groups in total. The summed E-state index contributed by atoms with van der Waals surface area (Å²) >= 11 is 0. The van der Waals surface area contributed by atoms with E-state index in [0.29, 0.717) is 11.7 Å². The molecule has 4 heteroatoms. The summed E-state index contributed by atoms with van der Waals surface area (Å²) in [5, 5.41) is 13.4. The first kappa shape index (κ1) is 12.9. The van der Waals surface area contributed by atoms with E-state index in [1.54, 1.807) is 6.07 Å². The Morgan fingerprint density at radius 3 is 2.80 bits per heavy atom. The Kier molecular flexibility index (Phi) is 3.54. The fourth-order valence-corrected chi connectivity index (χ4v) is 2.87. The van der Waals surface area contributed by atoms with Crippen LogP contribution in [0.3, 0.4) is 0 Å². The topological polar surface area (TPSA) is 62.2 Å². The third-order valence-corrected chi connectivity index (χ3v) is 3.99. The maximum Gasteiger partial charge on any atom is 0.339 e. The van der Waals surface area contributed by atoms with Crippen molar-refractivity contribution >= 4 is 22.7 Å². The Balaban J connectivity index is 1.90. The highest BCUT2D eigenvalue weighted by Crippen LogP contribution is 2.26. The second-order valence-electron chi connectivity index (χ2n) is 5.41. The van der Waals surface area contributed by atoms with E-state index in [0.717, 1.165) is 17.4 Å². The highest BCUT2D eigenvalue weighted by Gasteiger charge is 2.17. The van der Waals surface area contributed by atoms with Crippen molar-refractivity contribution in [1.82, 2.24) is 4.98 Å². The van der Waals surface area contributed by atoms with Gasteiger partial charge in [-0.2, -0.15) is 0 Å². The van der Waals surface area contributed by atoms with E-state index < -0.39 is 5.97 Å². The molecule has 1 heterocycles. The molecule has 1 aliphatic carbocycles. The standard InChI is InChI=1S/C16H18N2O2/c19-16(20)13-9-12-7-3-4-8-14(12)18-15(13)17-10-11-5-1-2-6-11/h3-4,7-9,11H,1-2,5-6,10H2,(H,17,18)(H,19,20). The molecule has 1 fully saturated rings. The molecule has 0 unspecified atom stereocenters. The largest absolute Gasteiger partial charge is 0.478 e. The van der Waals surface area contributed by atoms with Gasteiger partial charge in [-0.1, -0.05) is 31.0 Å². The predicted molar refractivity (Wildman–Crippen MR) is 79.2 cm³/mol. The average molecular weight is 270 g/mol. The van der Waals surface area contributed by atoms with E-state index in [1.807, 2.05) is 24.3 Å². The molecule has 0 aliphatic heterocycles. The molecule has 1 aromatic heterocycles. The van der Waals surface area contributed by atoms with Crippen molar-refractivity contribution in [2.75, 3.05) is 11.9 Å². The number of hydrogen-bond donors (Lipinski definition) is 2. The van der Waals surface area contributed by atoms with E-state index in [-0.39, 0.29) is 5.56 Å². The minimum absolute atomic E-state index is 0.252. The van der Waals surface area contributed by atoms with Crippen molar-refractivity contribution in [3.8, 4) is 0 Å². The molecule has 2 aromatic rings. The first-order valence-corrected chi connectivity index (χ1v) is 7.11. The molecule has 104 valence electrons. The summed E-state index contributed by atoms with van der Waals surface area (Å²) in [6.45, 7) is 0.811. The minimum atomic E-state index is -0.933. The highest BCUT2D eigenvalue weighted by atomic mass is 16.4. The van der Waals surface area contributed by atoms with Crippen LogP contribution in [0.15, 0.2) is 30.3 Å². The Hall–Kier alpha value is -2.10. The predicted octanol–water partition coefficient (Wildman–Crippen LogP) is 3.54. The summed E-state index contributed by atoms with van der Waals surface area (Å²) in [7, 11) is 0. The van der Waals surface area contributed by atoms with Crippen LogP contribution in [0.2, 0.25) is 0 Å². The molecule has 3 rings (SSSR count). The molecule has 0 radical (unpaired) electrons. The lowest BCUT2D eigenvalue weighted by molar-refractivity contribution is 0.0697. The molecule has 0 atom stereocenters. The summed E-state index contributed by atoms with van der Waals surface area (Å²) in [4.78, 5) is 15.8. The summed E-state index contributed by atoms with van der Waals surface area (Å²) in [5.74, 6) is 0.199. The van der Waals surface area contributed by atoms with E-state index in [4.69, 9.17) is 0 Å². The van der Waals surface area contributed by atoms with Crippen LogP contribution in [0.5, 0.6) is 0 Å². The maximum atomic E-state index is 11.4. The number of aromatic nitrogens is 1. The number of anilines is 1. The number of aromatic carboxylic acids is 1. The molecule has 0 saturated heterocycles. The average Bonchev–Trinajstić information content (AvgIpc) is 2.97. The van der Waals surface area contributed by atoms with Gasteiger partial charge < -0.3 is 10.4 Å². The number of hydrogen-bond acceptors (Lipinski definition) is 3. The molecular weight excluding hydrogens is 252 g/mol. The van der Waals surface area contributed by atoms with Crippen molar-refractivity contribution < 1.29 is 9.90 Å². The number of carboxylic acids is 1. The van der Waals surface area contributed by atoms with Crippen LogP contribution in [-0.4, -0.2) is 22.6 Å². The quantitative estimate of drug-likeness (QED) is 0.892. The van der Waals surface area contributed by atoms with Gasteiger partial charge in [-0.15, -0.1) is 0 Å². The zero-order chi connectivity index (χ0) is 13.9. The number of carboxylic acid groups (broad SMARTS) is 1. The highest BCUT2D eigenvalue weighted by molar-refractivity contribution is 5.98. The van der Waals surface area contributed by atoms with Crippen molar-refractivity contribution in [3.05, 3.63) is 35.9 Å². The normalized spacial score (nSPS) is 15.6. The maximum absolute atomic E-state index is 11.4. The Bertz CT molecular complexity index is 633. The van der Waals surface area contributed by atoms with Gasteiger partial charge in [-0.3, -0.25) is 0 Å². The van der Waals surface area contributed by atoms with Crippen LogP contribution < -0.4 is 5.32 Å². The molecule has 0 bridgehead atoms. The Morgan fingerprint density at radius 1 is 1.30 bits per heavy atom. The van der Waals surface area contributed by atoms with Crippen LogP contribution in [-0.2, 0) is 0 Å². The van der Waals surface area contributed by atoms with Crippen LogP contribution in [0.4, 0.5) is 5.82 Å². The molecule has 0 amide bonds. The second kappa shape index (κ2) is 5.49. The van der Waals surface area contributed by atoms with E-state index >= 15 is 0 Å². The van der Waals surface area contributed by atoms with Gasteiger partial charge in [-0.05, 0) is 30.9 Å². The van der Waals surface area contributed by atoms with E-state index in [2.05, 4.69) is 10.3 Å². The lowest BCUT2D eigenvalue weighted by atomic mass is 10.1. The van der Waals surface area contributed by atoms with Crippen LogP contribution in [0.25, 0.3) is 10.9 Å². The summed E-state index contributed by atoms with van der Waals surface area (Å²) in [6, 6.07) is 9.29. The molecule has 0 spiro atoms. The number of fused-ring (bicyclic) bond motifs is 1. The van der Waals surface area contributed by atoms with Gasteiger partial charge in [0.25, 0.3) is 0 Å². The summed E-state index contributed by atoms with van der Waals surface area (Å²) in [5.41, 5.74) is 1.08. The lowest BCUT2D eigenvalue weighted by Gasteiger charge is -2.13. The van der Waals surface area contributed by atoms with Crippen molar-refractivity contribution in [1.29, 1.82) is 0 Å². The number of para-hydroxylation sites is 1. The van der Waals surface area contributed by atoms with Crippen molar-refractivity contribution in [2.45, 2.75) is 25.7 Å². The SMILES string of the molecule is O=C(O)c1cc2ccccc2nc1NCC1CCCC1. The van der Waals surface area contributed by atoms with Gasteiger partial charge in [-0.25, -0.2) is 9.78 Å². The van der Waals surface area contributed by atoms with Gasteiger partial charge in [0, 0.05) is 11.9 Å². The monoisotopic (exact) mass is 270 g/mol. The molecule has 1 saturated carbocycles. The third-order valence-electron chi connectivity index (χ3n) is 3.99. The smallest absolute Gasteiger partial charge is 0.339 e. The van der Waals surface area contributed by atoms with Crippen LogP contribution in [0, 0.1) is 5.92 Å². The first-order chi connectivity index (χ1) is 9.74. The second-order valence-corrected chi connectivity index (χ2v) is 5.41. The number of rotatable bonds is 4. The Labute approximate surface area is 117 Å². The van der Waals surface area contributed by atoms with Gasteiger partial charge in [0.1, 0.15) is 11.4 Å². The fraction of sp³-hybridized carbons (Fsp3) is 0.375. The van der Waals surface area contributed by atoms with E-state index in [9.17, 15) is 9.90 Å². The molecule has 1 aliphatic rings. The number of pyridine rings is 1. The number of benzene rings is 1. The van der Waals surface area contributed by atoms with Gasteiger partial charge in [0.2, 0.25) is 0 Å². The molecule has 4 nitrogen and oxygen atoms in total. The number of nitrogens with one attached hydrogen (secondary N) is 1. The molecular formula is C16H18N2O2. The first-order valence-electron chi connectivity index (χ1n) is 7.11. The molecule has 20 heavy (non-hydrogen) atoms. The van der Waals surface area contributed by atoms with Crippen molar-refractivity contribution in [3.63, 3.8) is 0 Å². The van der Waals surface area contributed by atoms with Gasteiger partial charge >= 0.3 is 5.97 Å².